The van der Waals surface area contributed by atoms with Crippen molar-refractivity contribution in [2.45, 2.75) is 38.3 Å². The van der Waals surface area contributed by atoms with Crippen LogP contribution in [0.1, 0.15) is 36.1 Å². The second kappa shape index (κ2) is 6.02. The van der Waals surface area contributed by atoms with Gasteiger partial charge in [0.1, 0.15) is 18.1 Å². The third kappa shape index (κ3) is 2.54. The fourth-order valence-corrected chi connectivity index (χ4v) is 4.00. The van der Waals surface area contributed by atoms with E-state index in [0.717, 1.165) is 47.5 Å². The molecule has 2 aromatic carbocycles. The lowest BCUT2D eigenvalue weighted by Gasteiger charge is -2.24. The second-order valence-corrected chi connectivity index (χ2v) is 7.26. The molecule has 5 nitrogen and oxygen atoms in total. The number of aryl methyl sites for hydroxylation is 1. The van der Waals surface area contributed by atoms with Gasteiger partial charge in [0.2, 0.25) is 0 Å². The summed E-state index contributed by atoms with van der Waals surface area (Å²) in [5.74, 6) is 1.86. The molecule has 1 aromatic heterocycles. The highest BCUT2D eigenvalue weighted by molar-refractivity contribution is 5.79. The molecule has 3 aromatic rings. The van der Waals surface area contributed by atoms with Gasteiger partial charge in [-0.05, 0) is 54.7 Å². The van der Waals surface area contributed by atoms with E-state index < -0.39 is 6.10 Å². The van der Waals surface area contributed by atoms with Crippen LogP contribution in [0.3, 0.4) is 0 Å². The number of aliphatic hydroxyl groups is 1. The van der Waals surface area contributed by atoms with Gasteiger partial charge in [0.05, 0.1) is 36.1 Å². The first-order valence-electron chi connectivity index (χ1n) is 9.25. The molecule has 0 saturated carbocycles. The lowest BCUT2D eigenvalue weighted by atomic mass is 9.98. The molecular weight excluding hydrogens is 328 g/mol. The fourth-order valence-electron chi connectivity index (χ4n) is 4.00. The Morgan fingerprint density at radius 2 is 2.08 bits per heavy atom. The van der Waals surface area contributed by atoms with E-state index in [4.69, 9.17) is 9.47 Å². The molecule has 3 heterocycles. The average molecular weight is 350 g/mol. The number of fused-ring (bicyclic) bond motifs is 3. The van der Waals surface area contributed by atoms with Crippen LogP contribution in [0.2, 0.25) is 0 Å². The number of hydrogen-bond donors (Lipinski definition) is 1. The Hall–Kier alpha value is -2.53. The zero-order valence-corrected chi connectivity index (χ0v) is 14.8. The highest BCUT2D eigenvalue weighted by Gasteiger charge is 2.21. The minimum atomic E-state index is -0.425. The molecule has 2 aliphatic heterocycles. The fraction of sp³-hybridized carbons (Fsp3) is 0.381. The Balaban J connectivity index is 1.54. The Kier molecular flexibility index (Phi) is 3.64. The first kappa shape index (κ1) is 15.7. The Labute approximate surface area is 152 Å². The van der Waals surface area contributed by atoms with Gasteiger partial charge in [-0.3, -0.25) is 0 Å². The van der Waals surface area contributed by atoms with E-state index in [0.29, 0.717) is 13.0 Å². The standard InChI is InChI=1S/C21H22N2O3/c1-13(14-4-5-20-16(7-14)8-17(24)11-26-20)23-12-22-18-9-15-3-2-6-25-21(15)10-19(18)23/h4-5,7,9-10,12-13,17,24H,2-3,6,8,11H2,1H3/t13-,17-/m1/s1. The van der Waals surface area contributed by atoms with Crippen molar-refractivity contribution in [3.8, 4) is 11.5 Å². The Morgan fingerprint density at radius 1 is 1.15 bits per heavy atom. The maximum Gasteiger partial charge on any atom is 0.124 e. The summed E-state index contributed by atoms with van der Waals surface area (Å²) in [6.07, 6.45) is 4.25. The molecule has 0 fully saturated rings. The molecule has 0 bridgehead atoms. The van der Waals surface area contributed by atoms with E-state index in [-0.39, 0.29) is 6.04 Å². The van der Waals surface area contributed by atoms with Crippen molar-refractivity contribution in [3.05, 3.63) is 53.3 Å². The second-order valence-electron chi connectivity index (χ2n) is 7.26. The molecule has 2 aliphatic rings. The smallest absolute Gasteiger partial charge is 0.124 e. The van der Waals surface area contributed by atoms with E-state index in [1.807, 2.05) is 12.4 Å². The quantitative estimate of drug-likeness (QED) is 0.771. The third-order valence-electron chi connectivity index (χ3n) is 5.48. The van der Waals surface area contributed by atoms with Crippen molar-refractivity contribution in [3.63, 3.8) is 0 Å². The van der Waals surface area contributed by atoms with Gasteiger partial charge in [-0.2, -0.15) is 0 Å². The first-order valence-corrected chi connectivity index (χ1v) is 9.25. The molecular formula is C21H22N2O3. The van der Waals surface area contributed by atoms with Crippen molar-refractivity contribution in [1.82, 2.24) is 9.55 Å². The number of benzene rings is 2. The Morgan fingerprint density at radius 3 is 3.00 bits per heavy atom. The number of aromatic nitrogens is 2. The van der Waals surface area contributed by atoms with Crippen LogP contribution < -0.4 is 9.47 Å². The average Bonchev–Trinajstić information content (AvgIpc) is 3.07. The van der Waals surface area contributed by atoms with Crippen LogP contribution in [0.25, 0.3) is 11.0 Å². The molecule has 0 amide bonds. The molecule has 2 atom stereocenters. The number of imidazole rings is 1. The van der Waals surface area contributed by atoms with E-state index >= 15 is 0 Å². The van der Waals surface area contributed by atoms with Crippen LogP contribution in [0.15, 0.2) is 36.7 Å². The van der Waals surface area contributed by atoms with Crippen molar-refractivity contribution in [1.29, 1.82) is 0 Å². The van der Waals surface area contributed by atoms with Crippen molar-refractivity contribution in [2.24, 2.45) is 0 Å². The number of aliphatic hydroxyl groups excluding tert-OH is 1. The van der Waals surface area contributed by atoms with Crippen LogP contribution in [0.5, 0.6) is 11.5 Å². The van der Waals surface area contributed by atoms with E-state index in [1.165, 1.54) is 11.1 Å². The van der Waals surface area contributed by atoms with Crippen LogP contribution in [0.4, 0.5) is 0 Å². The van der Waals surface area contributed by atoms with Gasteiger partial charge in [-0.15, -0.1) is 0 Å². The summed E-state index contributed by atoms with van der Waals surface area (Å²) in [6.45, 7) is 3.33. The number of rotatable bonds is 2. The number of nitrogens with zero attached hydrogens (tertiary/aromatic N) is 2. The summed E-state index contributed by atoms with van der Waals surface area (Å²) in [6, 6.07) is 10.7. The zero-order valence-electron chi connectivity index (χ0n) is 14.8. The predicted molar refractivity (Wildman–Crippen MR) is 99.0 cm³/mol. The van der Waals surface area contributed by atoms with E-state index in [1.54, 1.807) is 0 Å². The molecule has 0 saturated heterocycles. The van der Waals surface area contributed by atoms with Gasteiger partial charge in [0, 0.05) is 12.5 Å². The van der Waals surface area contributed by atoms with Gasteiger partial charge in [0.15, 0.2) is 0 Å². The molecule has 134 valence electrons. The number of ether oxygens (including phenoxy) is 2. The van der Waals surface area contributed by atoms with Gasteiger partial charge >= 0.3 is 0 Å². The lowest BCUT2D eigenvalue weighted by Crippen LogP contribution is -2.25. The molecule has 0 spiro atoms. The minimum absolute atomic E-state index is 0.131. The molecule has 0 radical (unpaired) electrons. The molecule has 1 N–H and O–H groups in total. The van der Waals surface area contributed by atoms with Gasteiger partial charge in [-0.25, -0.2) is 4.98 Å². The van der Waals surface area contributed by atoms with Crippen LogP contribution in [-0.4, -0.2) is 34.0 Å². The largest absolute Gasteiger partial charge is 0.493 e. The lowest BCUT2D eigenvalue weighted by molar-refractivity contribution is 0.0920. The molecule has 0 unspecified atom stereocenters. The van der Waals surface area contributed by atoms with Crippen LogP contribution in [-0.2, 0) is 12.8 Å². The van der Waals surface area contributed by atoms with Gasteiger partial charge in [-0.1, -0.05) is 6.07 Å². The maximum absolute atomic E-state index is 9.87. The monoisotopic (exact) mass is 350 g/mol. The summed E-state index contributed by atoms with van der Waals surface area (Å²) < 4.78 is 13.6. The zero-order chi connectivity index (χ0) is 17.7. The highest BCUT2D eigenvalue weighted by Crippen LogP contribution is 2.33. The number of hydrogen-bond acceptors (Lipinski definition) is 4. The van der Waals surface area contributed by atoms with Crippen molar-refractivity contribution < 1.29 is 14.6 Å². The third-order valence-corrected chi connectivity index (χ3v) is 5.48. The first-order chi connectivity index (χ1) is 12.7. The van der Waals surface area contributed by atoms with Gasteiger partial charge < -0.3 is 19.1 Å². The molecule has 26 heavy (non-hydrogen) atoms. The summed E-state index contributed by atoms with van der Waals surface area (Å²) in [7, 11) is 0. The summed E-state index contributed by atoms with van der Waals surface area (Å²) in [5.41, 5.74) is 5.60. The highest BCUT2D eigenvalue weighted by atomic mass is 16.5. The van der Waals surface area contributed by atoms with Crippen LogP contribution >= 0.6 is 0 Å². The van der Waals surface area contributed by atoms with Crippen molar-refractivity contribution >= 4 is 11.0 Å². The van der Waals surface area contributed by atoms with Crippen molar-refractivity contribution in [2.75, 3.05) is 13.2 Å². The predicted octanol–water partition coefficient (Wildman–Crippen LogP) is 3.27. The van der Waals surface area contributed by atoms with E-state index in [9.17, 15) is 5.11 Å². The molecule has 0 aliphatic carbocycles. The molecule has 5 heteroatoms. The summed E-state index contributed by atoms with van der Waals surface area (Å²) >= 11 is 0. The molecule has 5 rings (SSSR count). The SMILES string of the molecule is C[C@H](c1ccc2c(c1)C[C@@H](O)CO2)n1cnc2cc3c(cc21)OCCC3. The van der Waals surface area contributed by atoms with E-state index in [2.05, 4.69) is 40.7 Å². The topological polar surface area (TPSA) is 56.5 Å². The normalized spacial score (nSPS) is 20.0. The summed E-state index contributed by atoms with van der Waals surface area (Å²) in [4.78, 5) is 4.62. The summed E-state index contributed by atoms with van der Waals surface area (Å²) in [5, 5.41) is 9.87. The Bertz CT molecular complexity index is 979. The minimum Gasteiger partial charge on any atom is -0.493 e. The van der Waals surface area contributed by atoms with Crippen LogP contribution in [0, 0.1) is 0 Å². The maximum atomic E-state index is 9.87. The van der Waals surface area contributed by atoms with Gasteiger partial charge in [0.25, 0.3) is 0 Å².